The van der Waals surface area contributed by atoms with Gasteiger partial charge in [0.15, 0.2) is 0 Å². The lowest BCUT2D eigenvalue weighted by atomic mass is 9.82. The van der Waals surface area contributed by atoms with Crippen LogP contribution in [-0.2, 0) is 11.2 Å². The van der Waals surface area contributed by atoms with Gasteiger partial charge in [-0.15, -0.1) is 0 Å². The highest BCUT2D eigenvalue weighted by Crippen LogP contribution is 2.35. The third kappa shape index (κ3) is 2.87. The number of hydrogen-bond donors (Lipinski definition) is 2. The van der Waals surface area contributed by atoms with Crippen LogP contribution in [0.1, 0.15) is 61.4 Å². The Morgan fingerprint density at radius 2 is 2.12 bits per heavy atom. The molecule has 0 aliphatic heterocycles. The first-order valence-corrected chi connectivity index (χ1v) is 6.44. The van der Waals surface area contributed by atoms with Crippen LogP contribution in [0.3, 0.4) is 0 Å². The van der Waals surface area contributed by atoms with Gasteiger partial charge in [0.1, 0.15) is 0 Å². The van der Waals surface area contributed by atoms with Crippen molar-refractivity contribution < 1.29 is 9.90 Å². The fraction of sp³-hybridized carbons (Fsp3) is 0.692. The van der Waals surface area contributed by atoms with Crippen molar-refractivity contribution >= 4 is 5.97 Å². The van der Waals surface area contributed by atoms with Gasteiger partial charge in [-0.1, -0.05) is 19.3 Å². The van der Waals surface area contributed by atoms with Crippen molar-refractivity contribution in [2.75, 3.05) is 0 Å². The lowest BCUT2D eigenvalue weighted by molar-refractivity contribution is -0.136. The monoisotopic (exact) mass is 236 g/mol. The first-order chi connectivity index (χ1) is 8.18. The predicted octanol–water partition coefficient (Wildman–Crippen LogP) is 2.78. The second-order valence-electron chi connectivity index (χ2n) is 4.94. The average Bonchev–Trinajstić information content (AvgIpc) is 2.69. The van der Waals surface area contributed by atoms with E-state index in [9.17, 15) is 4.79 Å². The summed E-state index contributed by atoms with van der Waals surface area (Å²) < 4.78 is 0. The third-order valence-electron chi connectivity index (χ3n) is 3.66. The number of aromatic nitrogens is 2. The highest BCUT2D eigenvalue weighted by molar-refractivity contribution is 5.67. The molecular weight excluding hydrogens is 216 g/mol. The van der Waals surface area contributed by atoms with Crippen molar-refractivity contribution in [1.82, 2.24) is 10.2 Å². The molecule has 1 aromatic heterocycles. The first kappa shape index (κ1) is 12.1. The van der Waals surface area contributed by atoms with Gasteiger partial charge in [0.05, 0.1) is 12.1 Å². The lowest BCUT2D eigenvalue weighted by Crippen LogP contribution is -2.08. The molecule has 1 aromatic rings. The Hall–Kier alpha value is -1.32. The van der Waals surface area contributed by atoms with Crippen molar-refractivity contribution in [3.63, 3.8) is 0 Å². The van der Waals surface area contributed by atoms with Crippen LogP contribution >= 0.6 is 0 Å². The molecule has 0 saturated heterocycles. The SMILES string of the molecule is Cc1[nH]nc(CCC(=O)O)c1C1CCCCC1. The Kier molecular flexibility index (Phi) is 3.82. The van der Waals surface area contributed by atoms with Gasteiger partial charge in [0, 0.05) is 12.1 Å². The molecule has 0 amide bonds. The van der Waals surface area contributed by atoms with Crippen molar-refractivity contribution in [2.24, 2.45) is 0 Å². The molecule has 1 aliphatic carbocycles. The lowest BCUT2D eigenvalue weighted by Gasteiger charge is -2.22. The number of carboxylic acids is 1. The molecule has 0 radical (unpaired) electrons. The summed E-state index contributed by atoms with van der Waals surface area (Å²) in [5.74, 6) is -0.161. The van der Waals surface area contributed by atoms with E-state index < -0.39 is 5.97 Å². The normalized spacial score (nSPS) is 17.2. The molecule has 1 heterocycles. The molecule has 2 rings (SSSR count). The molecule has 0 unspecified atom stereocenters. The van der Waals surface area contributed by atoms with Gasteiger partial charge in [0.2, 0.25) is 0 Å². The molecule has 2 N–H and O–H groups in total. The van der Waals surface area contributed by atoms with E-state index in [4.69, 9.17) is 5.11 Å². The third-order valence-corrected chi connectivity index (χ3v) is 3.66. The molecule has 4 heteroatoms. The molecule has 17 heavy (non-hydrogen) atoms. The maximum Gasteiger partial charge on any atom is 0.303 e. The molecule has 94 valence electrons. The largest absolute Gasteiger partial charge is 0.481 e. The number of carbonyl (C=O) groups is 1. The molecule has 1 aliphatic rings. The minimum Gasteiger partial charge on any atom is -0.481 e. The van der Waals surface area contributed by atoms with Crippen LogP contribution < -0.4 is 0 Å². The highest BCUT2D eigenvalue weighted by atomic mass is 16.4. The Labute approximate surface area is 101 Å². The van der Waals surface area contributed by atoms with E-state index in [-0.39, 0.29) is 6.42 Å². The summed E-state index contributed by atoms with van der Waals surface area (Å²) in [6.07, 6.45) is 7.07. The quantitative estimate of drug-likeness (QED) is 0.844. The van der Waals surface area contributed by atoms with Crippen LogP contribution in [-0.4, -0.2) is 21.3 Å². The van der Waals surface area contributed by atoms with E-state index in [1.165, 1.54) is 37.7 Å². The molecular formula is C13H20N2O2. The maximum atomic E-state index is 10.6. The van der Waals surface area contributed by atoms with Gasteiger partial charge in [0.25, 0.3) is 0 Å². The number of aliphatic carboxylic acids is 1. The zero-order valence-electron chi connectivity index (χ0n) is 10.3. The van der Waals surface area contributed by atoms with E-state index in [0.29, 0.717) is 12.3 Å². The van der Waals surface area contributed by atoms with Gasteiger partial charge in [-0.2, -0.15) is 5.10 Å². The molecule has 0 aromatic carbocycles. The van der Waals surface area contributed by atoms with Crippen molar-refractivity contribution in [3.8, 4) is 0 Å². The Morgan fingerprint density at radius 1 is 1.41 bits per heavy atom. The summed E-state index contributed by atoms with van der Waals surface area (Å²) in [5.41, 5.74) is 3.39. The van der Waals surface area contributed by atoms with Crippen LogP contribution in [0.25, 0.3) is 0 Å². The number of aromatic amines is 1. The molecule has 4 nitrogen and oxygen atoms in total. The molecule has 0 spiro atoms. The summed E-state index contributed by atoms with van der Waals surface area (Å²) in [6.45, 7) is 2.04. The summed E-state index contributed by atoms with van der Waals surface area (Å²) in [7, 11) is 0. The van der Waals surface area contributed by atoms with Gasteiger partial charge in [-0.3, -0.25) is 9.89 Å². The number of H-pyrrole nitrogens is 1. The van der Waals surface area contributed by atoms with Crippen LogP contribution in [0.2, 0.25) is 0 Å². The molecule has 1 saturated carbocycles. The number of rotatable bonds is 4. The van der Waals surface area contributed by atoms with Gasteiger partial charge in [-0.25, -0.2) is 0 Å². The second kappa shape index (κ2) is 5.34. The highest BCUT2D eigenvalue weighted by Gasteiger charge is 2.22. The number of nitrogens with zero attached hydrogens (tertiary/aromatic N) is 1. The smallest absolute Gasteiger partial charge is 0.303 e. The Balaban J connectivity index is 2.13. The fourth-order valence-corrected chi connectivity index (χ4v) is 2.84. The van der Waals surface area contributed by atoms with Crippen molar-refractivity contribution in [1.29, 1.82) is 0 Å². The standard InChI is InChI=1S/C13H20N2O2/c1-9-13(10-5-3-2-4-6-10)11(15-14-9)7-8-12(16)17/h10H,2-8H2,1H3,(H,14,15)(H,16,17). The fourth-order valence-electron chi connectivity index (χ4n) is 2.84. The number of carboxylic acid groups (broad SMARTS) is 1. The van der Waals surface area contributed by atoms with E-state index in [2.05, 4.69) is 10.2 Å². The summed E-state index contributed by atoms with van der Waals surface area (Å²) in [6, 6.07) is 0. The molecule has 1 fully saturated rings. The summed E-state index contributed by atoms with van der Waals surface area (Å²) in [4.78, 5) is 10.6. The minimum atomic E-state index is -0.750. The van der Waals surface area contributed by atoms with Crippen LogP contribution in [0.5, 0.6) is 0 Å². The molecule has 0 bridgehead atoms. The van der Waals surface area contributed by atoms with Crippen LogP contribution in [0.15, 0.2) is 0 Å². The second-order valence-corrected chi connectivity index (χ2v) is 4.94. The summed E-state index contributed by atoms with van der Waals surface area (Å²) in [5, 5.41) is 16.0. The topological polar surface area (TPSA) is 66.0 Å². The zero-order valence-corrected chi connectivity index (χ0v) is 10.3. The van der Waals surface area contributed by atoms with Crippen molar-refractivity contribution in [3.05, 3.63) is 17.0 Å². The van der Waals surface area contributed by atoms with E-state index in [1.807, 2.05) is 6.92 Å². The number of aryl methyl sites for hydroxylation is 2. The Morgan fingerprint density at radius 3 is 2.76 bits per heavy atom. The van der Waals surface area contributed by atoms with Gasteiger partial charge in [-0.05, 0) is 31.2 Å². The van der Waals surface area contributed by atoms with E-state index >= 15 is 0 Å². The predicted molar refractivity (Wildman–Crippen MR) is 65.1 cm³/mol. The molecule has 0 atom stereocenters. The van der Waals surface area contributed by atoms with E-state index in [0.717, 1.165) is 11.4 Å². The summed E-state index contributed by atoms with van der Waals surface area (Å²) >= 11 is 0. The van der Waals surface area contributed by atoms with Gasteiger partial charge >= 0.3 is 5.97 Å². The zero-order chi connectivity index (χ0) is 12.3. The maximum absolute atomic E-state index is 10.6. The number of hydrogen-bond acceptors (Lipinski definition) is 2. The minimum absolute atomic E-state index is 0.171. The van der Waals surface area contributed by atoms with Crippen LogP contribution in [0.4, 0.5) is 0 Å². The van der Waals surface area contributed by atoms with Gasteiger partial charge < -0.3 is 5.11 Å². The number of nitrogens with one attached hydrogen (secondary N) is 1. The van der Waals surface area contributed by atoms with Crippen LogP contribution in [0, 0.1) is 6.92 Å². The first-order valence-electron chi connectivity index (χ1n) is 6.44. The van der Waals surface area contributed by atoms with Crippen molar-refractivity contribution in [2.45, 2.75) is 57.8 Å². The average molecular weight is 236 g/mol. The van der Waals surface area contributed by atoms with E-state index in [1.54, 1.807) is 0 Å². The Bertz CT molecular complexity index is 392.